The molecule has 0 saturated carbocycles. The fourth-order valence-electron chi connectivity index (χ4n) is 1.26. The average molecular weight is 347 g/mol. The molecule has 0 aliphatic rings. The number of aliphatic hydroxyl groups excluding tert-OH is 2. The molecule has 0 atom stereocenters. The molecule has 0 spiro atoms. The lowest BCUT2D eigenvalue weighted by molar-refractivity contribution is -0.123. The number of hydrogen-bond acceptors (Lipinski definition) is 7. The van der Waals surface area contributed by atoms with Crippen molar-refractivity contribution in [2.24, 2.45) is 11.8 Å². The Morgan fingerprint density at radius 2 is 1.42 bits per heavy atom. The van der Waals surface area contributed by atoms with Gasteiger partial charge in [0.1, 0.15) is 24.8 Å². The highest BCUT2D eigenvalue weighted by Gasteiger charge is 2.10. The number of rotatable bonds is 9. The molecule has 3 N–H and O–H groups in total. The molecule has 24 heavy (non-hydrogen) atoms. The highest BCUT2D eigenvalue weighted by molar-refractivity contribution is 5.92. The first-order valence-corrected chi connectivity index (χ1v) is 7.89. The third kappa shape index (κ3) is 15.1. The number of nitrogens with one attached hydrogen (secondary N) is 1. The quantitative estimate of drug-likeness (QED) is 0.563. The van der Waals surface area contributed by atoms with Crippen LogP contribution in [0.1, 0.15) is 47.0 Å². The monoisotopic (exact) mass is 347 g/mol. The van der Waals surface area contributed by atoms with E-state index in [-0.39, 0.29) is 43.0 Å². The topological polar surface area (TPSA) is 130 Å². The van der Waals surface area contributed by atoms with Crippen molar-refractivity contribution >= 4 is 23.6 Å². The Hall–Kier alpha value is -1.80. The zero-order valence-electron chi connectivity index (χ0n) is 14.8. The molecule has 0 saturated heterocycles. The van der Waals surface area contributed by atoms with Crippen molar-refractivity contribution in [3.05, 3.63) is 0 Å². The van der Waals surface area contributed by atoms with Gasteiger partial charge in [0.25, 0.3) is 5.91 Å². The first-order chi connectivity index (χ1) is 11.1. The lowest BCUT2D eigenvalue weighted by Crippen LogP contribution is -2.33. The first-order valence-electron chi connectivity index (χ1n) is 7.89. The third-order valence-corrected chi connectivity index (χ3v) is 2.84. The van der Waals surface area contributed by atoms with Gasteiger partial charge in [-0.05, 0) is 6.42 Å². The average Bonchev–Trinajstić information content (AvgIpc) is 2.52. The Bertz CT molecular complexity index is 405. The maximum Gasteiger partial charge on any atom is 0.413 e. The summed E-state index contributed by atoms with van der Waals surface area (Å²) in [4.78, 5) is 43.2. The van der Waals surface area contributed by atoms with Crippen molar-refractivity contribution < 1.29 is 34.1 Å². The number of amides is 2. The normalized spacial score (nSPS) is 10.0. The van der Waals surface area contributed by atoms with Crippen LogP contribution in [0, 0.1) is 11.8 Å². The summed E-state index contributed by atoms with van der Waals surface area (Å²) in [5.41, 5.74) is 0. The molecule has 0 radical (unpaired) electrons. The molecule has 0 aliphatic carbocycles. The highest BCUT2D eigenvalue weighted by Crippen LogP contribution is 2.00. The molecule has 140 valence electrons. The lowest BCUT2D eigenvalue weighted by Gasteiger charge is -2.05. The van der Waals surface area contributed by atoms with Gasteiger partial charge in [0.15, 0.2) is 0 Å². The van der Waals surface area contributed by atoms with Gasteiger partial charge in [-0.15, -0.1) is 0 Å². The van der Waals surface area contributed by atoms with Gasteiger partial charge in [-0.2, -0.15) is 0 Å². The number of alkyl carbamates (subject to hydrolysis) is 1. The molecule has 0 rings (SSSR count). The van der Waals surface area contributed by atoms with Gasteiger partial charge in [0.2, 0.25) is 0 Å². The summed E-state index contributed by atoms with van der Waals surface area (Å²) in [6.45, 7) is 6.52. The lowest BCUT2D eigenvalue weighted by atomic mass is 10.1. The maximum atomic E-state index is 11.1. The molecule has 0 aromatic rings. The number of imide groups is 1. The van der Waals surface area contributed by atoms with Crippen LogP contribution in [0.2, 0.25) is 0 Å². The summed E-state index contributed by atoms with van der Waals surface area (Å²) in [6, 6.07) is 0. The summed E-state index contributed by atoms with van der Waals surface area (Å²) >= 11 is 0. The maximum absolute atomic E-state index is 11.1. The minimum Gasteiger partial charge on any atom is -0.449 e. The third-order valence-electron chi connectivity index (χ3n) is 2.84. The zero-order chi connectivity index (χ0) is 19.1. The van der Waals surface area contributed by atoms with Crippen molar-refractivity contribution in [2.45, 2.75) is 47.0 Å². The highest BCUT2D eigenvalue weighted by atomic mass is 16.5. The summed E-state index contributed by atoms with van der Waals surface area (Å²) in [5, 5.41) is 18.4. The van der Waals surface area contributed by atoms with Gasteiger partial charge in [-0.1, -0.05) is 27.7 Å². The fourth-order valence-corrected chi connectivity index (χ4v) is 1.26. The van der Waals surface area contributed by atoms with E-state index < -0.39 is 18.6 Å². The van der Waals surface area contributed by atoms with E-state index in [9.17, 15) is 19.2 Å². The molecule has 0 fully saturated rings. The van der Waals surface area contributed by atoms with Gasteiger partial charge in [0.05, 0.1) is 0 Å². The van der Waals surface area contributed by atoms with Crippen LogP contribution in [-0.2, 0) is 19.1 Å². The SMILES string of the molecule is CC(C)C(=O)CCCO.CC(C)C(=O)CCOC(=O)NC(=O)CO. The summed E-state index contributed by atoms with van der Waals surface area (Å²) in [7, 11) is 0. The van der Waals surface area contributed by atoms with Crippen LogP contribution in [0.3, 0.4) is 0 Å². The van der Waals surface area contributed by atoms with Crippen LogP contribution in [-0.4, -0.2) is 53.6 Å². The van der Waals surface area contributed by atoms with E-state index >= 15 is 0 Å². The van der Waals surface area contributed by atoms with Crippen molar-refractivity contribution in [3.8, 4) is 0 Å². The van der Waals surface area contributed by atoms with E-state index in [1.807, 2.05) is 13.8 Å². The van der Waals surface area contributed by atoms with Gasteiger partial charge >= 0.3 is 6.09 Å². The van der Waals surface area contributed by atoms with Gasteiger partial charge in [-0.3, -0.25) is 19.7 Å². The Labute approximate surface area is 142 Å². The van der Waals surface area contributed by atoms with E-state index in [1.54, 1.807) is 19.2 Å². The Morgan fingerprint density at radius 3 is 1.83 bits per heavy atom. The van der Waals surface area contributed by atoms with Crippen LogP contribution >= 0.6 is 0 Å². The van der Waals surface area contributed by atoms with Crippen LogP contribution in [0.15, 0.2) is 0 Å². The molecule has 0 aromatic heterocycles. The second-order valence-electron chi connectivity index (χ2n) is 5.66. The molecule has 0 heterocycles. The molecule has 0 aromatic carbocycles. The second kappa shape index (κ2) is 14.8. The first kappa shape index (κ1) is 24.5. The van der Waals surface area contributed by atoms with Crippen LogP contribution in [0.25, 0.3) is 0 Å². The van der Waals surface area contributed by atoms with E-state index in [2.05, 4.69) is 4.74 Å². The van der Waals surface area contributed by atoms with E-state index in [1.165, 1.54) is 0 Å². The molecule has 8 heteroatoms. The van der Waals surface area contributed by atoms with Crippen LogP contribution in [0.4, 0.5) is 4.79 Å². The van der Waals surface area contributed by atoms with E-state index in [4.69, 9.17) is 10.2 Å². The number of ether oxygens (including phenoxy) is 1. The van der Waals surface area contributed by atoms with Gasteiger partial charge in [-0.25, -0.2) is 4.79 Å². The number of carbonyl (C=O) groups is 4. The second-order valence-corrected chi connectivity index (χ2v) is 5.66. The molecular weight excluding hydrogens is 318 g/mol. The number of carbonyl (C=O) groups excluding carboxylic acids is 4. The minimum atomic E-state index is -0.953. The van der Waals surface area contributed by atoms with Crippen molar-refractivity contribution in [1.82, 2.24) is 5.32 Å². The standard InChI is InChI=1S/C9H15NO5.C7H14O2/c1-6(2)7(12)3-4-15-9(14)10-8(13)5-11;1-6(2)7(9)4-3-5-8/h6,11H,3-5H2,1-2H3,(H,10,13,14);6,8H,3-5H2,1-2H3. The predicted octanol–water partition coefficient (Wildman–Crippen LogP) is 0.831. The Morgan fingerprint density at radius 1 is 0.917 bits per heavy atom. The van der Waals surface area contributed by atoms with Crippen molar-refractivity contribution in [3.63, 3.8) is 0 Å². The van der Waals surface area contributed by atoms with Gasteiger partial charge < -0.3 is 14.9 Å². The fraction of sp³-hybridized carbons (Fsp3) is 0.750. The number of hydrogen-bond donors (Lipinski definition) is 3. The number of aliphatic hydroxyl groups is 2. The Kier molecular flexibility index (Phi) is 15.0. The van der Waals surface area contributed by atoms with Crippen LogP contribution in [0.5, 0.6) is 0 Å². The van der Waals surface area contributed by atoms with Gasteiger partial charge in [0, 0.05) is 31.3 Å². The molecule has 8 nitrogen and oxygen atoms in total. The zero-order valence-corrected chi connectivity index (χ0v) is 14.8. The summed E-state index contributed by atoms with van der Waals surface area (Å²) < 4.78 is 4.53. The number of Topliss-reactive ketones (excluding diaryl/α,β-unsaturated/α-hetero) is 2. The van der Waals surface area contributed by atoms with E-state index in [0.29, 0.717) is 12.8 Å². The largest absolute Gasteiger partial charge is 0.449 e. The molecule has 2 amide bonds. The molecule has 0 aliphatic heterocycles. The van der Waals surface area contributed by atoms with Crippen molar-refractivity contribution in [2.75, 3.05) is 19.8 Å². The number of ketones is 2. The smallest absolute Gasteiger partial charge is 0.413 e. The molecule has 0 bridgehead atoms. The Balaban J connectivity index is 0. The molecular formula is C16H29NO7. The molecule has 0 unspecified atom stereocenters. The van der Waals surface area contributed by atoms with Crippen LogP contribution < -0.4 is 5.32 Å². The summed E-state index contributed by atoms with van der Waals surface area (Å²) in [5.74, 6) is -0.595. The minimum absolute atomic E-state index is 0.0173. The van der Waals surface area contributed by atoms with E-state index in [0.717, 1.165) is 0 Å². The predicted molar refractivity (Wildman–Crippen MR) is 87.2 cm³/mol. The van der Waals surface area contributed by atoms with Crippen molar-refractivity contribution in [1.29, 1.82) is 0 Å². The summed E-state index contributed by atoms with van der Waals surface area (Å²) in [6.07, 6.45) is 0.300.